The van der Waals surface area contributed by atoms with Crippen LogP contribution < -0.4 is 5.32 Å². The Morgan fingerprint density at radius 2 is 1.52 bits per heavy atom. The van der Waals surface area contributed by atoms with Gasteiger partial charge in [-0.2, -0.15) is 0 Å². The number of Topliss-reactive ketones (excluding diaryl/α,β-unsaturated/α-hetero) is 2. The summed E-state index contributed by atoms with van der Waals surface area (Å²) in [5.74, 6) is -4.02. The Labute approximate surface area is 378 Å². The van der Waals surface area contributed by atoms with E-state index in [1.807, 2.05) is 105 Å². The molecule has 0 unspecified atom stereocenters. The molecular formula is C49H82N4O10. The van der Waals surface area contributed by atoms with Crippen molar-refractivity contribution in [1.29, 1.82) is 0 Å². The number of carbonyl (C=O) groups is 6. The van der Waals surface area contributed by atoms with Crippen molar-refractivity contribution in [3.63, 3.8) is 0 Å². The van der Waals surface area contributed by atoms with E-state index in [9.17, 15) is 33.9 Å². The summed E-state index contributed by atoms with van der Waals surface area (Å²) in [6.07, 6.45) is 0.999. The van der Waals surface area contributed by atoms with Gasteiger partial charge in [0.05, 0.1) is 42.7 Å². The van der Waals surface area contributed by atoms with Crippen LogP contribution in [-0.4, -0.2) is 139 Å². The number of aliphatic carboxylic acids is 1. The summed E-state index contributed by atoms with van der Waals surface area (Å²) >= 11 is 0. The third-order valence-electron chi connectivity index (χ3n) is 12.8. The van der Waals surface area contributed by atoms with Gasteiger partial charge >= 0.3 is 12.1 Å². The number of carboxylic acids is 1. The summed E-state index contributed by atoms with van der Waals surface area (Å²) in [5, 5.41) is 12.8. The number of alkyl carbamates (subject to hydrolysis) is 1. The molecule has 1 aromatic carbocycles. The van der Waals surface area contributed by atoms with Crippen LogP contribution >= 0.6 is 0 Å². The van der Waals surface area contributed by atoms with E-state index in [-0.39, 0.29) is 66.8 Å². The van der Waals surface area contributed by atoms with Gasteiger partial charge in [-0.05, 0) is 76.8 Å². The van der Waals surface area contributed by atoms with Crippen LogP contribution in [0.3, 0.4) is 0 Å². The van der Waals surface area contributed by atoms with Gasteiger partial charge in [-0.25, -0.2) is 4.79 Å². The van der Waals surface area contributed by atoms with Crippen molar-refractivity contribution in [3.8, 4) is 0 Å². The van der Waals surface area contributed by atoms with Crippen LogP contribution in [0.15, 0.2) is 30.3 Å². The number of likely N-dealkylation sites (N-methyl/N-ethyl adjacent to an activating group) is 2. The van der Waals surface area contributed by atoms with Crippen molar-refractivity contribution >= 4 is 35.4 Å². The quantitative estimate of drug-likeness (QED) is 0.0880. The van der Waals surface area contributed by atoms with Crippen LogP contribution in [-0.2, 0) is 44.6 Å². The molecule has 2 rings (SSSR count). The Balaban J connectivity index is 2.23. The monoisotopic (exact) mass is 887 g/mol. The number of carbonyl (C=O) groups excluding carboxylic acids is 5. The molecule has 0 saturated carbocycles. The lowest BCUT2D eigenvalue weighted by molar-refractivity contribution is -0.149. The van der Waals surface area contributed by atoms with E-state index >= 15 is 0 Å². The maximum atomic E-state index is 14.6. The third-order valence-corrected chi connectivity index (χ3v) is 12.8. The molecule has 14 nitrogen and oxygen atoms in total. The number of nitrogens with one attached hydrogen (secondary N) is 1. The lowest BCUT2D eigenvalue weighted by Gasteiger charge is -2.41. The van der Waals surface area contributed by atoms with Crippen molar-refractivity contribution in [2.45, 2.75) is 157 Å². The summed E-state index contributed by atoms with van der Waals surface area (Å²) in [4.78, 5) is 86.5. The topological polar surface area (TPSA) is 172 Å². The van der Waals surface area contributed by atoms with Gasteiger partial charge < -0.3 is 34.4 Å². The molecule has 0 bridgehead atoms. The van der Waals surface area contributed by atoms with Crippen LogP contribution in [0.5, 0.6) is 0 Å². The lowest BCUT2D eigenvalue weighted by atomic mass is 9.83. The smallest absolute Gasteiger partial charge is 0.407 e. The molecule has 1 aliphatic heterocycles. The molecule has 0 aliphatic carbocycles. The minimum Gasteiger partial charge on any atom is -0.481 e. The first-order chi connectivity index (χ1) is 29.5. The number of carboxylic acid groups (broad SMARTS) is 1. The Kier molecular flexibility index (Phi) is 23.0. The molecule has 1 heterocycles. The van der Waals surface area contributed by atoms with Crippen molar-refractivity contribution in [3.05, 3.63) is 35.9 Å². The first kappa shape index (κ1) is 55.3. The maximum Gasteiger partial charge on any atom is 0.407 e. The standard InChI is InChI=1S/C49H82N4O10/c1-15-33(6)44(52(12)46(57)37(31(2)3)29-40(55)43(32(4)5)51(11)25-20-24-50-48(60)63-49(8,9)10)41(61-13)30-42(56)53-26-19-23-38(53)45(62-14)34(7)39(54)28-36(47(58)59)27-35-21-17-16-18-22-35/h16-18,21-22,31-34,36-38,41,43-45H,15,19-20,23-30H2,1-14H3,(H,50,60)(H,58,59)/t33-,34-,36+,37-,38-,41+,43-,44-,45+/m0/s1. The van der Waals surface area contributed by atoms with Gasteiger partial charge in [0.15, 0.2) is 5.78 Å². The molecule has 1 aliphatic rings. The van der Waals surface area contributed by atoms with Crippen LogP contribution in [0.2, 0.25) is 0 Å². The normalized spacial score (nSPS) is 18.3. The molecule has 358 valence electrons. The zero-order valence-corrected chi connectivity index (χ0v) is 41.0. The summed E-state index contributed by atoms with van der Waals surface area (Å²) in [6.45, 7) is 20.6. The first-order valence-electron chi connectivity index (χ1n) is 23.1. The van der Waals surface area contributed by atoms with E-state index in [0.29, 0.717) is 45.3 Å². The highest BCUT2D eigenvalue weighted by Crippen LogP contribution is 2.32. The molecule has 1 fully saturated rings. The number of hydrogen-bond donors (Lipinski definition) is 2. The fourth-order valence-electron chi connectivity index (χ4n) is 9.22. The van der Waals surface area contributed by atoms with Crippen LogP contribution in [0, 0.1) is 35.5 Å². The molecule has 0 spiro atoms. The number of methoxy groups -OCH3 is 2. The number of nitrogens with zero attached hydrogens (tertiary/aromatic N) is 3. The fraction of sp³-hybridized carbons (Fsp3) is 0.755. The van der Waals surface area contributed by atoms with E-state index in [1.54, 1.807) is 30.9 Å². The van der Waals surface area contributed by atoms with Crippen molar-refractivity contribution in [2.75, 3.05) is 47.9 Å². The molecular weight excluding hydrogens is 805 g/mol. The molecule has 1 aromatic rings. The number of hydrogen-bond acceptors (Lipinski definition) is 10. The number of ketones is 2. The van der Waals surface area contributed by atoms with E-state index in [0.717, 1.165) is 5.56 Å². The molecule has 3 amide bonds. The second-order valence-electron chi connectivity index (χ2n) is 19.5. The first-order valence-corrected chi connectivity index (χ1v) is 23.1. The summed E-state index contributed by atoms with van der Waals surface area (Å²) in [7, 11) is 6.72. The van der Waals surface area contributed by atoms with E-state index in [2.05, 4.69) is 5.32 Å². The van der Waals surface area contributed by atoms with Gasteiger partial charge in [-0.1, -0.05) is 85.2 Å². The largest absolute Gasteiger partial charge is 0.481 e. The minimum atomic E-state index is -1.03. The van der Waals surface area contributed by atoms with Crippen LogP contribution in [0.1, 0.15) is 120 Å². The van der Waals surface area contributed by atoms with Gasteiger partial charge in [0.2, 0.25) is 11.8 Å². The maximum absolute atomic E-state index is 14.6. The van der Waals surface area contributed by atoms with Gasteiger partial charge in [-0.3, -0.25) is 28.9 Å². The highest BCUT2D eigenvalue weighted by molar-refractivity contribution is 5.90. The molecule has 0 radical (unpaired) electrons. The molecule has 0 aromatic heterocycles. The zero-order chi connectivity index (χ0) is 47.8. The zero-order valence-electron chi connectivity index (χ0n) is 41.0. The minimum absolute atomic E-state index is 0.00910. The predicted molar refractivity (Wildman–Crippen MR) is 245 cm³/mol. The van der Waals surface area contributed by atoms with Crippen molar-refractivity contribution in [2.24, 2.45) is 35.5 Å². The second kappa shape index (κ2) is 26.2. The van der Waals surface area contributed by atoms with Gasteiger partial charge in [0, 0.05) is 65.6 Å². The van der Waals surface area contributed by atoms with Gasteiger partial charge in [0.25, 0.3) is 0 Å². The number of ether oxygens (including phenoxy) is 3. The Bertz CT molecular complexity index is 1610. The average molecular weight is 887 g/mol. The molecule has 2 N–H and O–H groups in total. The van der Waals surface area contributed by atoms with Gasteiger partial charge in [-0.15, -0.1) is 0 Å². The Morgan fingerprint density at radius 3 is 2.05 bits per heavy atom. The number of benzene rings is 1. The molecule has 9 atom stereocenters. The predicted octanol–water partition coefficient (Wildman–Crippen LogP) is 6.91. The fourth-order valence-corrected chi connectivity index (χ4v) is 9.22. The van der Waals surface area contributed by atoms with E-state index < -0.39 is 65.8 Å². The third kappa shape index (κ3) is 16.9. The van der Waals surface area contributed by atoms with Crippen LogP contribution in [0.4, 0.5) is 4.79 Å². The van der Waals surface area contributed by atoms with E-state index in [1.165, 1.54) is 7.11 Å². The molecule has 14 heteroatoms. The average Bonchev–Trinajstić information content (AvgIpc) is 3.70. The van der Waals surface area contributed by atoms with Crippen molar-refractivity contribution in [1.82, 2.24) is 20.0 Å². The Hall–Kier alpha value is -3.88. The van der Waals surface area contributed by atoms with Gasteiger partial charge in [0.1, 0.15) is 11.4 Å². The number of likely N-dealkylation sites (tertiary alicyclic amines) is 1. The highest BCUT2D eigenvalue weighted by atomic mass is 16.6. The molecule has 63 heavy (non-hydrogen) atoms. The van der Waals surface area contributed by atoms with E-state index in [4.69, 9.17) is 14.2 Å². The summed E-state index contributed by atoms with van der Waals surface area (Å²) in [5.41, 5.74) is 0.244. The SMILES string of the molecule is CC[C@H](C)[C@@H]([C@@H](CC(=O)N1CCC[C@H]1[C@H](OC)[C@@H](C)C(=O)C[C@@H](Cc1ccccc1)C(=O)O)OC)N(C)C(=O)[C@@H](CC(=O)[C@H](C(C)C)N(C)CCCNC(=O)OC(C)(C)C)C(C)C. The number of amides is 3. The van der Waals surface area contributed by atoms with Crippen LogP contribution in [0.25, 0.3) is 0 Å². The Morgan fingerprint density at radius 1 is 0.889 bits per heavy atom. The summed E-state index contributed by atoms with van der Waals surface area (Å²) in [6, 6.07) is 7.93. The second-order valence-corrected chi connectivity index (χ2v) is 19.5. The molecule has 1 saturated heterocycles. The highest BCUT2D eigenvalue weighted by Gasteiger charge is 2.43. The number of rotatable bonds is 27. The lowest BCUT2D eigenvalue weighted by Crippen LogP contribution is -2.54. The summed E-state index contributed by atoms with van der Waals surface area (Å²) < 4.78 is 17.3. The van der Waals surface area contributed by atoms with Crippen molar-refractivity contribution < 1.29 is 48.1 Å².